The molecule has 0 aliphatic carbocycles. The summed E-state index contributed by atoms with van der Waals surface area (Å²) in [5.74, 6) is -0.283. The molecule has 0 bridgehead atoms. The molecule has 2 amide bonds. The number of aliphatic hydroxyl groups is 1. The molecule has 104 valence electrons. The molecule has 18 heavy (non-hydrogen) atoms. The summed E-state index contributed by atoms with van der Waals surface area (Å²) in [5, 5.41) is 12.0. The first kappa shape index (κ1) is 15.3. The van der Waals surface area contributed by atoms with Gasteiger partial charge >= 0.3 is 0 Å². The monoisotopic (exact) mass is 274 g/mol. The van der Waals surface area contributed by atoms with E-state index in [1.807, 2.05) is 20.1 Å². The van der Waals surface area contributed by atoms with Gasteiger partial charge in [0, 0.05) is 30.8 Å². The number of carbonyl (C=O) groups excluding carboxylic acids is 2. The maximum absolute atomic E-state index is 12.0. The fourth-order valence-corrected chi connectivity index (χ4v) is 2.75. The molecule has 1 rings (SSSR count). The number of rotatable bonds is 6. The summed E-state index contributed by atoms with van der Waals surface area (Å²) < 4.78 is 0. The van der Waals surface area contributed by atoms with E-state index in [1.165, 1.54) is 11.8 Å². The van der Waals surface area contributed by atoms with Gasteiger partial charge in [0.05, 0.1) is 12.5 Å². The van der Waals surface area contributed by atoms with Gasteiger partial charge in [-0.1, -0.05) is 0 Å². The first-order valence-corrected chi connectivity index (χ1v) is 7.54. The Kier molecular flexibility index (Phi) is 5.95. The average Bonchev–Trinajstić information content (AvgIpc) is 2.72. The smallest absolute Gasteiger partial charge is 0.225 e. The molecule has 6 heteroatoms. The van der Waals surface area contributed by atoms with Gasteiger partial charge in [0.1, 0.15) is 0 Å². The topological polar surface area (TPSA) is 69.6 Å². The summed E-state index contributed by atoms with van der Waals surface area (Å²) in [5.41, 5.74) is 0. The Labute approximate surface area is 112 Å². The molecule has 0 saturated carbocycles. The van der Waals surface area contributed by atoms with E-state index in [1.54, 1.807) is 4.90 Å². The van der Waals surface area contributed by atoms with Crippen LogP contribution in [0.1, 0.15) is 20.3 Å². The summed E-state index contributed by atoms with van der Waals surface area (Å²) in [4.78, 5) is 25.3. The summed E-state index contributed by atoms with van der Waals surface area (Å²) in [6, 6.07) is -0.0942. The van der Waals surface area contributed by atoms with E-state index in [4.69, 9.17) is 5.11 Å². The van der Waals surface area contributed by atoms with E-state index < -0.39 is 0 Å². The maximum Gasteiger partial charge on any atom is 0.225 e. The zero-order valence-corrected chi connectivity index (χ0v) is 12.0. The standard InChI is InChI=1S/C12H22N2O3S/c1-4-14-6-9(5-11(14)16)12(17)13-8(2)10(7-15)18-3/h8-10,15H,4-7H2,1-3H3,(H,13,17). The number of carbonyl (C=O) groups is 2. The molecule has 0 aromatic rings. The Hall–Kier alpha value is -0.750. The Morgan fingerprint density at radius 3 is 2.78 bits per heavy atom. The highest BCUT2D eigenvalue weighted by molar-refractivity contribution is 7.99. The average molecular weight is 274 g/mol. The molecule has 1 aliphatic rings. The summed E-state index contributed by atoms with van der Waals surface area (Å²) in [6.45, 7) is 4.99. The predicted octanol–water partition coefficient (Wildman–Crippen LogP) is 0.0834. The molecule has 1 heterocycles. The molecule has 3 atom stereocenters. The lowest BCUT2D eigenvalue weighted by Crippen LogP contribution is -2.44. The second-order valence-electron chi connectivity index (χ2n) is 4.59. The molecule has 1 fully saturated rings. The number of hydrogen-bond acceptors (Lipinski definition) is 4. The number of amides is 2. The third-order valence-corrected chi connectivity index (χ3v) is 4.54. The van der Waals surface area contributed by atoms with Gasteiger partial charge in [-0.2, -0.15) is 11.8 Å². The Bertz CT molecular complexity index is 308. The molecule has 3 unspecified atom stereocenters. The van der Waals surface area contributed by atoms with Gasteiger partial charge in [-0.05, 0) is 20.1 Å². The van der Waals surface area contributed by atoms with Crippen molar-refractivity contribution in [3.63, 3.8) is 0 Å². The van der Waals surface area contributed by atoms with Gasteiger partial charge < -0.3 is 15.3 Å². The Morgan fingerprint density at radius 1 is 1.67 bits per heavy atom. The highest BCUT2D eigenvalue weighted by Crippen LogP contribution is 2.18. The van der Waals surface area contributed by atoms with Crippen LogP contribution in [0.25, 0.3) is 0 Å². The minimum Gasteiger partial charge on any atom is -0.395 e. The number of hydrogen-bond donors (Lipinski definition) is 2. The van der Waals surface area contributed by atoms with Crippen LogP contribution in [0.4, 0.5) is 0 Å². The van der Waals surface area contributed by atoms with E-state index in [-0.39, 0.29) is 35.6 Å². The number of likely N-dealkylation sites (tertiary alicyclic amines) is 1. The highest BCUT2D eigenvalue weighted by atomic mass is 32.2. The Balaban J connectivity index is 2.49. The third kappa shape index (κ3) is 3.62. The molecule has 2 N–H and O–H groups in total. The van der Waals surface area contributed by atoms with Gasteiger partial charge in [-0.25, -0.2) is 0 Å². The van der Waals surface area contributed by atoms with Crippen molar-refractivity contribution < 1.29 is 14.7 Å². The van der Waals surface area contributed by atoms with Crippen LogP contribution in [0.2, 0.25) is 0 Å². The molecule has 0 spiro atoms. The van der Waals surface area contributed by atoms with Crippen molar-refractivity contribution in [3.8, 4) is 0 Å². The van der Waals surface area contributed by atoms with Gasteiger partial charge in [0.25, 0.3) is 0 Å². The number of nitrogens with zero attached hydrogens (tertiary/aromatic N) is 1. The second-order valence-corrected chi connectivity index (χ2v) is 5.66. The normalized spacial score (nSPS) is 23.0. The fraction of sp³-hybridized carbons (Fsp3) is 0.833. The third-order valence-electron chi connectivity index (χ3n) is 3.38. The van der Waals surface area contributed by atoms with Crippen molar-refractivity contribution in [1.29, 1.82) is 0 Å². The molecule has 0 aromatic carbocycles. The number of aliphatic hydroxyl groups excluding tert-OH is 1. The quantitative estimate of drug-likeness (QED) is 0.720. The van der Waals surface area contributed by atoms with Crippen molar-refractivity contribution in [2.45, 2.75) is 31.6 Å². The van der Waals surface area contributed by atoms with Gasteiger partial charge in [0.15, 0.2) is 0 Å². The molecular weight excluding hydrogens is 252 g/mol. The van der Waals surface area contributed by atoms with Gasteiger partial charge in [-0.3, -0.25) is 9.59 Å². The van der Waals surface area contributed by atoms with Crippen molar-refractivity contribution in [1.82, 2.24) is 10.2 Å². The van der Waals surface area contributed by atoms with Crippen LogP contribution in [0.3, 0.4) is 0 Å². The lowest BCUT2D eigenvalue weighted by atomic mass is 10.1. The molecule has 0 aromatic heterocycles. The van der Waals surface area contributed by atoms with Gasteiger partial charge in [0.2, 0.25) is 11.8 Å². The largest absolute Gasteiger partial charge is 0.395 e. The molecule has 5 nitrogen and oxygen atoms in total. The summed E-state index contributed by atoms with van der Waals surface area (Å²) in [6.07, 6.45) is 2.21. The lowest BCUT2D eigenvalue weighted by molar-refractivity contribution is -0.129. The zero-order valence-electron chi connectivity index (χ0n) is 11.2. The summed E-state index contributed by atoms with van der Waals surface area (Å²) >= 11 is 1.53. The van der Waals surface area contributed by atoms with Crippen molar-refractivity contribution in [3.05, 3.63) is 0 Å². The van der Waals surface area contributed by atoms with Crippen LogP contribution in [-0.4, -0.2) is 59.1 Å². The number of thioether (sulfide) groups is 1. The Morgan fingerprint density at radius 2 is 2.33 bits per heavy atom. The molecule has 1 saturated heterocycles. The van der Waals surface area contributed by atoms with E-state index >= 15 is 0 Å². The van der Waals surface area contributed by atoms with Crippen LogP contribution in [-0.2, 0) is 9.59 Å². The SMILES string of the molecule is CCN1CC(C(=O)NC(C)C(CO)SC)CC1=O. The predicted molar refractivity (Wildman–Crippen MR) is 72.4 cm³/mol. The van der Waals surface area contributed by atoms with Crippen LogP contribution in [0.15, 0.2) is 0 Å². The van der Waals surface area contributed by atoms with Crippen molar-refractivity contribution >= 4 is 23.6 Å². The van der Waals surface area contributed by atoms with Crippen LogP contribution in [0, 0.1) is 5.92 Å². The van der Waals surface area contributed by atoms with E-state index in [0.29, 0.717) is 19.5 Å². The van der Waals surface area contributed by atoms with E-state index in [9.17, 15) is 9.59 Å². The first-order chi connectivity index (χ1) is 8.53. The van der Waals surface area contributed by atoms with Crippen LogP contribution in [0.5, 0.6) is 0 Å². The summed E-state index contributed by atoms with van der Waals surface area (Å²) in [7, 11) is 0. The van der Waals surface area contributed by atoms with Crippen molar-refractivity contribution in [2.24, 2.45) is 5.92 Å². The minimum absolute atomic E-state index is 0.00617. The van der Waals surface area contributed by atoms with Gasteiger partial charge in [-0.15, -0.1) is 0 Å². The van der Waals surface area contributed by atoms with E-state index in [0.717, 1.165) is 0 Å². The maximum atomic E-state index is 12.0. The lowest BCUT2D eigenvalue weighted by Gasteiger charge is -2.23. The van der Waals surface area contributed by atoms with Crippen molar-refractivity contribution in [2.75, 3.05) is 26.0 Å². The van der Waals surface area contributed by atoms with E-state index in [2.05, 4.69) is 5.32 Å². The highest BCUT2D eigenvalue weighted by Gasteiger charge is 2.34. The fourth-order valence-electron chi connectivity index (χ4n) is 2.13. The molecule has 0 radical (unpaired) electrons. The minimum atomic E-state index is -0.249. The first-order valence-electron chi connectivity index (χ1n) is 6.25. The van der Waals surface area contributed by atoms with Crippen LogP contribution < -0.4 is 5.32 Å². The zero-order chi connectivity index (χ0) is 13.7. The second kappa shape index (κ2) is 6.99. The molecule has 1 aliphatic heterocycles. The molecular formula is C12H22N2O3S. The number of nitrogens with one attached hydrogen (secondary N) is 1. The van der Waals surface area contributed by atoms with Crippen LogP contribution >= 0.6 is 11.8 Å².